The molecule has 1 fully saturated rings. The lowest BCUT2D eigenvalue weighted by atomic mass is 10.2. The van der Waals surface area contributed by atoms with Crippen LogP contribution in [-0.2, 0) is 19.4 Å². The standard InChI is InChI=1S/C9H16ClNO4S/c1-15-4-3-11(9(12)6-10)8-2-5-16(13,14)7-8/h8H,2-7H2,1H3. The molecule has 1 saturated heterocycles. The van der Waals surface area contributed by atoms with E-state index in [2.05, 4.69) is 0 Å². The number of carbonyl (C=O) groups excluding carboxylic acids is 1. The summed E-state index contributed by atoms with van der Waals surface area (Å²) >= 11 is 5.49. The molecule has 0 spiro atoms. The number of sulfone groups is 1. The van der Waals surface area contributed by atoms with Crippen LogP contribution in [0.25, 0.3) is 0 Å². The first kappa shape index (κ1) is 13.7. The fraction of sp³-hybridized carbons (Fsp3) is 0.889. The zero-order valence-corrected chi connectivity index (χ0v) is 10.8. The number of hydrogen-bond acceptors (Lipinski definition) is 4. The van der Waals surface area contributed by atoms with Crippen LogP contribution in [0.15, 0.2) is 0 Å². The number of halogens is 1. The van der Waals surface area contributed by atoms with Crippen molar-refractivity contribution in [3.05, 3.63) is 0 Å². The minimum atomic E-state index is -2.99. The van der Waals surface area contributed by atoms with Crippen LogP contribution in [0.1, 0.15) is 6.42 Å². The van der Waals surface area contributed by atoms with Crippen LogP contribution in [0.4, 0.5) is 0 Å². The Morgan fingerprint density at radius 2 is 2.25 bits per heavy atom. The van der Waals surface area contributed by atoms with E-state index in [0.29, 0.717) is 19.6 Å². The topological polar surface area (TPSA) is 63.7 Å². The summed E-state index contributed by atoms with van der Waals surface area (Å²) in [5.41, 5.74) is 0. The third-order valence-corrected chi connectivity index (χ3v) is 4.60. The van der Waals surface area contributed by atoms with Crippen molar-refractivity contribution in [3.63, 3.8) is 0 Å². The molecule has 1 rings (SSSR count). The summed E-state index contributed by atoms with van der Waals surface area (Å²) in [4.78, 5) is 13.1. The molecule has 0 radical (unpaired) electrons. The summed E-state index contributed by atoms with van der Waals surface area (Å²) < 4.78 is 27.5. The van der Waals surface area contributed by atoms with Gasteiger partial charge in [0, 0.05) is 19.7 Å². The first-order valence-corrected chi connectivity index (χ1v) is 7.40. The predicted octanol–water partition coefficient (Wildman–Crippen LogP) is -0.113. The first-order valence-electron chi connectivity index (χ1n) is 5.05. The molecule has 1 heterocycles. The maximum absolute atomic E-state index is 11.6. The van der Waals surface area contributed by atoms with Gasteiger partial charge in [-0.3, -0.25) is 4.79 Å². The normalized spacial score (nSPS) is 23.2. The second kappa shape index (κ2) is 5.84. The Labute approximate surface area is 101 Å². The van der Waals surface area contributed by atoms with E-state index in [1.54, 1.807) is 0 Å². The first-order chi connectivity index (χ1) is 7.50. The Hall–Kier alpha value is -0.330. The largest absolute Gasteiger partial charge is 0.383 e. The molecule has 1 amide bonds. The van der Waals surface area contributed by atoms with Crippen LogP contribution in [0, 0.1) is 0 Å². The van der Waals surface area contributed by atoms with E-state index in [9.17, 15) is 13.2 Å². The summed E-state index contributed by atoms with van der Waals surface area (Å²) in [6.07, 6.45) is 0.495. The summed E-state index contributed by atoms with van der Waals surface area (Å²) in [6, 6.07) is -0.244. The maximum Gasteiger partial charge on any atom is 0.237 e. The second-order valence-electron chi connectivity index (χ2n) is 3.77. The molecule has 0 bridgehead atoms. The number of methoxy groups -OCH3 is 1. The Kier molecular flexibility index (Phi) is 5.01. The minimum absolute atomic E-state index is 0.0410. The van der Waals surface area contributed by atoms with Gasteiger partial charge in [0.05, 0.1) is 18.1 Å². The molecule has 1 aliphatic heterocycles. The van der Waals surface area contributed by atoms with E-state index in [1.807, 2.05) is 0 Å². The highest BCUT2D eigenvalue weighted by atomic mass is 35.5. The van der Waals surface area contributed by atoms with Crippen molar-refractivity contribution in [2.45, 2.75) is 12.5 Å². The Balaban J connectivity index is 2.66. The molecule has 0 aromatic heterocycles. The molecule has 5 nitrogen and oxygen atoms in total. The van der Waals surface area contributed by atoms with Crippen LogP contribution in [0.2, 0.25) is 0 Å². The number of hydrogen-bond donors (Lipinski definition) is 0. The molecule has 1 atom stereocenters. The van der Waals surface area contributed by atoms with E-state index < -0.39 is 9.84 Å². The average Bonchev–Trinajstić information content (AvgIpc) is 2.59. The van der Waals surface area contributed by atoms with Crippen molar-refractivity contribution in [1.29, 1.82) is 0 Å². The van der Waals surface area contributed by atoms with Gasteiger partial charge in [-0.2, -0.15) is 0 Å². The van der Waals surface area contributed by atoms with Gasteiger partial charge in [-0.15, -0.1) is 11.6 Å². The summed E-state index contributed by atoms with van der Waals surface area (Å²) in [7, 11) is -1.45. The van der Waals surface area contributed by atoms with Gasteiger partial charge in [0.2, 0.25) is 5.91 Å². The molecule has 16 heavy (non-hydrogen) atoms. The fourth-order valence-corrected chi connectivity index (χ4v) is 3.68. The van der Waals surface area contributed by atoms with Gasteiger partial charge >= 0.3 is 0 Å². The van der Waals surface area contributed by atoms with Crippen LogP contribution < -0.4 is 0 Å². The van der Waals surface area contributed by atoms with Gasteiger partial charge in [-0.05, 0) is 6.42 Å². The molecule has 0 saturated carbocycles. The monoisotopic (exact) mass is 269 g/mol. The Morgan fingerprint density at radius 1 is 1.56 bits per heavy atom. The number of ether oxygens (including phenoxy) is 1. The Morgan fingerprint density at radius 3 is 2.69 bits per heavy atom. The van der Waals surface area contributed by atoms with Gasteiger partial charge < -0.3 is 9.64 Å². The average molecular weight is 270 g/mol. The van der Waals surface area contributed by atoms with E-state index in [1.165, 1.54) is 12.0 Å². The molecule has 7 heteroatoms. The molecule has 1 unspecified atom stereocenters. The van der Waals surface area contributed by atoms with E-state index >= 15 is 0 Å². The zero-order chi connectivity index (χ0) is 12.2. The molecule has 0 aliphatic carbocycles. The lowest BCUT2D eigenvalue weighted by Crippen LogP contribution is -2.43. The van der Waals surface area contributed by atoms with E-state index in [4.69, 9.17) is 16.3 Å². The molecule has 1 aliphatic rings. The van der Waals surface area contributed by atoms with Crippen LogP contribution in [-0.4, -0.2) is 62.9 Å². The van der Waals surface area contributed by atoms with Crippen LogP contribution >= 0.6 is 11.6 Å². The van der Waals surface area contributed by atoms with Crippen molar-refractivity contribution in [3.8, 4) is 0 Å². The third kappa shape index (κ3) is 3.61. The zero-order valence-electron chi connectivity index (χ0n) is 9.19. The molecule has 0 aromatic carbocycles. The molecule has 94 valence electrons. The van der Waals surface area contributed by atoms with Crippen molar-refractivity contribution in [1.82, 2.24) is 4.90 Å². The van der Waals surface area contributed by atoms with Crippen molar-refractivity contribution in [2.75, 3.05) is 37.6 Å². The highest BCUT2D eigenvalue weighted by molar-refractivity contribution is 7.91. The third-order valence-electron chi connectivity index (χ3n) is 2.62. The van der Waals surface area contributed by atoms with E-state index in [0.717, 1.165) is 0 Å². The van der Waals surface area contributed by atoms with Crippen LogP contribution in [0.5, 0.6) is 0 Å². The minimum Gasteiger partial charge on any atom is -0.383 e. The summed E-state index contributed by atoms with van der Waals surface area (Å²) in [6.45, 7) is 0.779. The highest BCUT2D eigenvalue weighted by Gasteiger charge is 2.33. The fourth-order valence-electron chi connectivity index (χ4n) is 1.80. The van der Waals surface area contributed by atoms with Gasteiger partial charge in [-0.1, -0.05) is 0 Å². The van der Waals surface area contributed by atoms with Crippen molar-refractivity contribution < 1.29 is 17.9 Å². The second-order valence-corrected chi connectivity index (χ2v) is 6.27. The summed E-state index contributed by atoms with van der Waals surface area (Å²) in [5, 5.41) is 0. The predicted molar refractivity (Wildman–Crippen MR) is 61.4 cm³/mol. The van der Waals surface area contributed by atoms with Gasteiger partial charge in [0.1, 0.15) is 5.88 Å². The Bertz CT molecular complexity index is 343. The molecular formula is C9H16ClNO4S. The maximum atomic E-state index is 11.6. The lowest BCUT2D eigenvalue weighted by molar-refractivity contribution is -0.131. The van der Waals surface area contributed by atoms with Gasteiger partial charge in [-0.25, -0.2) is 8.42 Å². The van der Waals surface area contributed by atoms with E-state index in [-0.39, 0.29) is 29.3 Å². The smallest absolute Gasteiger partial charge is 0.237 e. The number of amides is 1. The number of alkyl halides is 1. The quantitative estimate of drug-likeness (QED) is 0.653. The number of rotatable bonds is 5. The number of nitrogens with zero attached hydrogens (tertiary/aromatic N) is 1. The van der Waals surface area contributed by atoms with Crippen molar-refractivity contribution in [2.24, 2.45) is 0 Å². The SMILES string of the molecule is COCCN(C(=O)CCl)C1CCS(=O)(=O)C1. The molecule has 0 N–H and O–H groups in total. The highest BCUT2D eigenvalue weighted by Crippen LogP contribution is 2.18. The summed E-state index contributed by atoms with van der Waals surface area (Å²) in [5.74, 6) is -0.170. The molecular weight excluding hydrogens is 254 g/mol. The lowest BCUT2D eigenvalue weighted by Gasteiger charge is -2.27. The van der Waals surface area contributed by atoms with Crippen molar-refractivity contribution >= 4 is 27.3 Å². The van der Waals surface area contributed by atoms with Gasteiger partial charge in [0.15, 0.2) is 9.84 Å². The van der Waals surface area contributed by atoms with Crippen LogP contribution in [0.3, 0.4) is 0 Å². The molecule has 0 aromatic rings. The number of carbonyl (C=O) groups is 1. The van der Waals surface area contributed by atoms with Gasteiger partial charge in [0.25, 0.3) is 0 Å².